The lowest BCUT2D eigenvalue weighted by Crippen LogP contribution is -2.22. The van der Waals surface area contributed by atoms with E-state index in [1.165, 1.54) is 6.07 Å². The molecule has 0 unspecified atom stereocenters. The fourth-order valence-corrected chi connectivity index (χ4v) is 1.97. The van der Waals surface area contributed by atoms with E-state index in [-0.39, 0.29) is 11.5 Å². The molecule has 0 bridgehead atoms. The first-order valence-corrected chi connectivity index (χ1v) is 5.94. The Morgan fingerprint density at radius 3 is 2.27 bits per heavy atom. The van der Waals surface area contributed by atoms with Gasteiger partial charge < -0.3 is 10.2 Å². The summed E-state index contributed by atoms with van der Waals surface area (Å²) in [6.07, 6.45) is 0. The number of hydrogen-bond acceptors (Lipinski definition) is 2. The van der Waals surface area contributed by atoms with Gasteiger partial charge in [-0.15, -0.1) is 0 Å². The Bertz CT molecular complexity index is 258. The van der Waals surface area contributed by atoms with E-state index in [4.69, 9.17) is 5.11 Å². The third-order valence-electron chi connectivity index (χ3n) is 1.55. The highest BCUT2D eigenvalue weighted by atomic mass is 28.3. The van der Waals surface area contributed by atoms with Crippen LogP contribution in [0.3, 0.4) is 0 Å². The Morgan fingerprint density at radius 1 is 1.18 bits per heavy atom. The minimum absolute atomic E-state index is 0.0197. The number of phenolic OH excluding ortho intramolecular Hbond substituents is 2. The third-order valence-corrected chi connectivity index (χ3v) is 3.03. The molecule has 0 heterocycles. The van der Waals surface area contributed by atoms with Gasteiger partial charge in [0.05, 0.1) is 8.80 Å². The minimum atomic E-state index is -0.674. The van der Waals surface area contributed by atoms with Gasteiger partial charge in [-0.05, 0) is 11.3 Å². The minimum Gasteiger partial charge on any atom is -0.504 e. The van der Waals surface area contributed by atoms with Gasteiger partial charge in [0.1, 0.15) is 0 Å². The molecule has 0 saturated carbocycles. The largest absolute Gasteiger partial charge is 0.504 e. The van der Waals surface area contributed by atoms with Crippen molar-refractivity contribution < 1.29 is 10.2 Å². The molecule has 0 amide bonds. The van der Waals surface area contributed by atoms with Crippen molar-refractivity contribution in [2.45, 2.75) is 13.1 Å². The molecule has 1 aromatic carbocycles. The van der Waals surface area contributed by atoms with Crippen LogP contribution in [-0.2, 0) is 0 Å². The number of benzene rings is 1. The molecular formula is C8H11O2Si. The zero-order chi connectivity index (χ0) is 8.43. The van der Waals surface area contributed by atoms with Gasteiger partial charge in [-0.3, -0.25) is 0 Å². The second-order valence-corrected chi connectivity index (χ2v) is 5.21. The standard InChI is InChI=1S/C8H11O2Si/c1-11(2)7-5-3-4-6(9)8(7)10/h3-5,9-10H,1-2H3. The summed E-state index contributed by atoms with van der Waals surface area (Å²) < 4.78 is 0. The molecule has 0 fully saturated rings. The van der Waals surface area contributed by atoms with Crippen molar-refractivity contribution in [3.8, 4) is 11.5 Å². The van der Waals surface area contributed by atoms with Crippen molar-refractivity contribution in [2.24, 2.45) is 0 Å². The van der Waals surface area contributed by atoms with E-state index in [9.17, 15) is 5.11 Å². The van der Waals surface area contributed by atoms with Crippen LogP contribution in [-0.4, -0.2) is 19.0 Å². The number of rotatable bonds is 1. The highest BCUT2D eigenvalue weighted by Gasteiger charge is 2.09. The highest BCUT2D eigenvalue weighted by molar-refractivity contribution is 6.71. The molecule has 1 aromatic rings. The van der Waals surface area contributed by atoms with Gasteiger partial charge in [0, 0.05) is 0 Å². The summed E-state index contributed by atoms with van der Waals surface area (Å²) in [7, 11) is -0.674. The third kappa shape index (κ3) is 1.54. The van der Waals surface area contributed by atoms with Crippen LogP contribution >= 0.6 is 0 Å². The topological polar surface area (TPSA) is 40.5 Å². The molecule has 0 atom stereocenters. The maximum atomic E-state index is 9.34. The lowest BCUT2D eigenvalue weighted by Gasteiger charge is -2.06. The number of hydrogen-bond donors (Lipinski definition) is 2. The maximum absolute atomic E-state index is 9.34. The van der Waals surface area contributed by atoms with Crippen LogP contribution in [0.25, 0.3) is 0 Å². The molecule has 0 aliphatic heterocycles. The highest BCUT2D eigenvalue weighted by Crippen LogP contribution is 2.20. The zero-order valence-corrected chi connectivity index (χ0v) is 7.63. The van der Waals surface area contributed by atoms with Gasteiger partial charge in [0.25, 0.3) is 0 Å². The quantitative estimate of drug-likeness (QED) is 0.485. The van der Waals surface area contributed by atoms with Crippen LogP contribution in [0, 0.1) is 0 Å². The Kier molecular flexibility index (Phi) is 2.19. The molecule has 0 spiro atoms. The second-order valence-electron chi connectivity index (χ2n) is 2.67. The summed E-state index contributed by atoms with van der Waals surface area (Å²) in [5.41, 5.74) is 0. The van der Waals surface area contributed by atoms with Crippen molar-refractivity contribution in [3.05, 3.63) is 18.2 Å². The maximum Gasteiger partial charge on any atom is 0.157 e. The number of phenols is 2. The summed E-state index contributed by atoms with van der Waals surface area (Å²) in [6.45, 7) is 4.14. The zero-order valence-electron chi connectivity index (χ0n) is 6.63. The van der Waals surface area contributed by atoms with Crippen molar-refractivity contribution in [1.82, 2.24) is 0 Å². The van der Waals surface area contributed by atoms with Gasteiger partial charge >= 0.3 is 0 Å². The average molecular weight is 167 g/mol. The molecule has 0 aliphatic carbocycles. The van der Waals surface area contributed by atoms with Crippen LogP contribution in [0.5, 0.6) is 11.5 Å². The molecule has 0 saturated heterocycles. The van der Waals surface area contributed by atoms with E-state index in [2.05, 4.69) is 13.1 Å². The first kappa shape index (κ1) is 8.14. The first-order valence-electron chi connectivity index (χ1n) is 3.44. The fourth-order valence-electron chi connectivity index (χ4n) is 0.935. The van der Waals surface area contributed by atoms with Crippen LogP contribution in [0.15, 0.2) is 18.2 Å². The normalized spacial score (nSPS) is 10.5. The van der Waals surface area contributed by atoms with Crippen molar-refractivity contribution in [3.63, 3.8) is 0 Å². The molecule has 59 valence electrons. The summed E-state index contributed by atoms with van der Waals surface area (Å²) >= 11 is 0. The number of aromatic hydroxyl groups is 2. The molecule has 1 rings (SSSR count). The van der Waals surface area contributed by atoms with Crippen LogP contribution in [0.4, 0.5) is 0 Å². The van der Waals surface area contributed by atoms with Crippen molar-refractivity contribution >= 4 is 14.0 Å². The molecule has 11 heavy (non-hydrogen) atoms. The molecule has 1 radical (unpaired) electrons. The predicted octanol–water partition coefficient (Wildman–Crippen LogP) is 1.06. The van der Waals surface area contributed by atoms with Crippen molar-refractivity contribution in [1.29, 1.82) is 0 Å². The SMILES string of the molecule is C[Si](C)c1cccc(O)c1O. The van der Waals surface area contributed by atoms with E-state index in [1.807, 2.05) is 6.07 Å². The second kappa shape index (κ2) is 2.96. The van der Waals surface area contributed by atoms with E-state index in [0.717, 1.165) is 5.19 Å². The Hall–Kier alpha value is -0.963. The molecule has 0 aromatic heterocycles. The van der Waals surface area contributed by atoms with E-state index in [1.54, 1.807) is 6.07 Å². The molecule has 3 heteroatoms. The van der Waals surface area contributed by atoms with Crippen LogP contribution in [0.2, 0.25) is 13.1 Å². The van der Waals surface area contributed by atoms with Gasteiger partial charge in [-0.25, -0.2) is 0 Å². The van der Waals surface area contributed by atoms with Crippen LogP contribution in [0.1, 0.15) is 0 Å². The predicted molar refractivity (Wildman–Crippen MR) is 46.9 cm³/mol. The van der Waals surface area contributed by atoms with Gasteiger partial charge in [-0.1, -0.05) is 25.2 Å². The molecule has 2 N–H and O–H groups in total. The van der Waals surface area contributed by atoms with Crippen molar-refractivity contribution in [2.75, 3.05) is 0 Å². The Labute approximate surface area is 67.7 Å². The molecular weight excluding hydrogens is 156 g/mol. The van der Waals surface area contributed by atoms with Crippen LogP contribution < -0.4 is 5.19 Å². The number of para-hydroxylation sites is 1. The monoisotopic (exact) mass is 167 g/mol. The average Bonchev–Trinajstić information content (AvgIpc) is 1.94. The van der Waals surface area contributed by atoms with Gasteiger partial charge in [0.15, 0.2) is 11.5 Å². The van der Waals surface area contributed by atoms with Gasteiger partial charge in [0.2, 0.25) is 0 Å². The summed E-state index contributed by atoms with van der Waals surface area (Å²) in [5, 5.41) is 19.3. The van der Waals surface area contributed by atoms with E-state index in [0.29, 0.717) is 0 Å². The Morgan fingerprint density at radius 2 is 1.82 bits per heavy atom. The van der Waals surface area contributed by atoms with E-state index >= 15 is 0 Å². The van der Waals surface area contributed by atoms with E-state index < -0.39 is 8.80 Å². The summed E-state index contributed by atoms with van der Waals surface area (Å²) in [6, 6.07) is 5.09. The lowest BCUT2D eigenvalue weighted by atomic mass is 10.3. The fraction of sp³-hybridized carbons (Fsp3) is 0.250. The molecule has 2 nitrogen and oxygen atoms in total. The lowest BCUT2D eigenvalue weighted by molar-refractivity contribution is 0.406. The Balaban J connectivity index is 3.17. The smallest absolute Gasteiger partial charge is 0.157 e. The van der Waals surface area contributed by atoms with Gasteiger partial charge in [-0.2, -0.15) is 0 Å². The molecule has 0 aliphatic rings. The summed E-state index contributed by atoms with van der Waals surface area (Å²) in [5.74, 6) is 0.0279. The summed E-state index contributed by atoms with van der Waals surface area (Å²) in [4.78, 5) is 0. The first-order chi connectivity index (χ1) is 5.13.